The molecule has 3 aromatic rings. The molecule has 2 aromatic carbocycles. The van der Waals surface area contributed by atoms with Gasteiger partial charge in [0.1, 0.15) is 0 Å². The fraction of sp³-hybridized carbons (Fsp3) is 0.400. The van der Waals surface area contributed by atoms with Gasteiger partial charge in [-0.2, -0.15) is 5.10 Å². The van der Waals surface area contributed by atoms with Crippen LogP contribution >= 0.6 is 0 Å². The largest absolute Gasteiger partial charge is 0.369 e. The number of para-hydroxylation sites is 2. The van der Waals surface area contributed by atoms with Crippen molar-refractivity contribution in [1.29, 1.82) is 0 Å². The molecule has 2 aliphatic rings. The van der Waals surface area contributed by atoms with Crippen LogP contribution in [0.5, 0.6) is 0 Å². The Hall–Kier alpha value is -2.59. The first-order valence-corrected chi connectivity index (χ1v) is 11.0. The van der Waals surface area contributed by atoms with Crippen molar-refractivity contribution in [3.8, 4) is 5.69 Å². The highest BCUT2D eigenvalue weighted by Crippen LogP contribution is 2.35. The molecule has 1 unspecified atom stereocenters. The zero-order valence-corrected chi connectivity index (χ0v) is 17.1. The zero-order chi connectivity index (χ0) is 19.5. The number of benzene rings is 2. The topological polar surface area (TPSA) is 24.3 Å². The molecule has 0 N–H and O–H groups in total. The number of fused-ring (bicyclic) bond motifs is 1. The van der Waals surface area contributed by atoms with E-state index >= 15 is 0 Å². The molecular weight excluding hydrogens is 356 g/mol. The minimum Gasteiger partial charge on any atom is -0.369 e. The van der Waals surface area contributed by atoms with Gasteiger partial charge in [-0.3, -0.25) is 4.90 Å². The van der Waals surface area contributed by atoms with Gasteiger partial charge in [0.25, 0.3) is 0 Å². The molecule has 1 fully saturated rings. The highest BCUT2D eigenvalue weighted by atomic mass is 15.3. The summed E-state index contributed by atoms with van der Waals surface area (Å²) in [6.45, 7) is 5.79. The molecule has 1 atom stereocenters. The van der Waals surface area contributed by atoms with Crippen LogP contribution in [0.15, 0.2) is 66.9 Å². The highest BCUT2D eigenvalue weighted by Gasteiger charge is 2.26. The van der Waals surface area contributed by atoms with Crippen LogP contribution in [0.3, 0.4) is 0 Å². The molecule has 1 saturated heterocycles. The second-order valence-electron chi connectivity index (χ2n) is 8.34. The SMILES string of the molecule is c1ccc(N2CCN(CCC3CCCc4c3cnn4-c3ccccc3)CC2)cc1. The number of aromatic nitrogens is 2. The normalized spacial score (nSPS) is 19.9. The average molecular weight is 387 g/mol. The molecule has 0 spiro atoms. The molecule has 4 nitrogen and oxygen atoms in total. The van der Waals surface area contributed by atoms with Crippen LogP contribution in [0.2, 0.25) is 0 Å². The van der Waals surface area contributed by atoms with Crippen LogP contribution in [-0.2, 0) is 6.42 Å². The van der Waals surface area contributed by atoms with E-state index in [9.17, 15) is 0 Å². The van der Waals surface area contributed by atoms with Crippen molar-refractivity contribution in [3.05, 3.63) is 78.1 Å². The molecule has 4 heteroatoms. The molecule has 1 aliphatic heterocycles. The second-order valence-corrected chi connectivity index (χ2v) is 8.34. The Morgan fingerprint density at radius 1 is 0.828 bits per heavy atom. The van der Waals surface area contributed by atoms with Gasteiger partial charge in [-0.1, -0.05) is 36.4 Å². The molecular formula is C25H30N4. The Morgan fingerprint density at radius 3 is 2.24 bits per heavy atom. The summed E-state index contributed by atoms with van der Waals surface area (Å²) in [5.41, 5.74) is 5.47. The maximum Gasteiger partial charge on any atom is 0.0648 e. The summed E-state index contributed by atoms with van der Waals surface area (Å²) in [6.07, 6.45) is 7.12. The summed E-state index contributed by atoms with van der Waals surface area (Å²) in [6, 6.07) is 21.4. The standard InChI is InChI=1S/C25H30N4/c1-3-9-22(10-4-1)28-18-16-27(17-19-28)15-14-21-8-7-13-25-24(21)20-26-29(25)23-11-5-2-6-12-23/h1-6,9-12,20-21H,7-8,13-19H2. The first kappa shape index (κ1) is 18.4. The second kappa shape index (κ2) is 8.42. The molecule has 5 rings (SSSR count). The number of hydrogen-bond acceptors (Lipinski definition) is 3. The van der Waals surface area contributed by atoms with Crippen molar-refractivity contribution >= 4 is 5.69 Å². The minimum absolute atomic E-state index is 0.656. The third-order valence-corrected chi connectivity index (χ3v) is 6.60. The monoisotopic (exact) mass is 386 g/mol. The van der Waals surface area contributed by atoms with Crippen molar-refractivity contribution in [2.75, 3.05) is 37.6 Å². The Morgan fingerprint density at radius 2 is 1.52 bits per heavy atom. The first-order chi connectivity index (χ1) is 14.4. The van der Waals surface area contributed by atoms with Gasteiger partial charge in [-0.25, -0.2) is 4.68 Å². The highest BCUT2D eigenvalue weighted by molar-refractivity contribution is 5.46. The number of piperazine rings is 1. The van der Waals surface area contributed by atoms with Gasteiger partial charge >= 0.3 is 0 Å². The van der Waals surface area contributed by atoms with Crippen LogP contribution < -0.4 is 4.90 Å². The van der Waals surface area contributed by atoms with Crippen LogP contribution in [0, 0.1) is 0 Å². The smallest absolute Gasteiger partial charge is 0.0648 e. The van der Waals surface area contributed by atoms with Crippen LogP contribution in [0.25, 0.3) is 5.69 Å². The first-order valence-electron chi connectivity index (χ1n) is 11.0. The van der Waals surface area contributed by atoms with Crippen molar-refractivity contribution in [2.24, 2.45) is 0 Å². The van der Waals surface area contributed by atoms with Crippen LogP contribution in [0.4, 0.5) is 5.69 Å². The summed E-state index contributed by atoms with van der Waals surface area (Å²) in [5.74, 6) is 0.656. The van der Waals surface area contributed by atoms with Crippen LogP contribution in [0.1, 0.15) is 36.4 Å². The zero-order valence-electron chi connectivity index (χ0n) is 17.1. The molecule has 0 radical (unpaired) electrons. The Balaban J connectivity index is 1.20. The molecule has 1 aromatic heterocycles. The van der Waals surface area contributed by atoms with E-state index in [0.717, 1.165) is 32.6 Å². The maximum atomic E-state index is 4.75. The van der Waals surface area contributed by atoms with E-state index in [-0.39, 0.29) is 0 Å². The fourth-order valence-corrected chi connectivity index (χ4v) is 4.95. The predicted octanol–water partition coefficient (Wildman–Crippen LogP) is 4.50. The summed E-state index contributed by atoms with van der Waals surface area (Å²) in [4.78, 5) is 5.16. The average Bonchev–Trinajstić information content (AvgIpc) is 3.24. The maximum absolute atomic E-state index is 4.75. The van der Waals surface area contributed by atoms with Gasteiger partial charge in [-0.15, -0.1) is 0 Å². The molecule has 150 valence electrons. The van der Waals surface area contributed by atoms with E-state index < -0.39 is 0 Å². The molecule has 2 heterocycles. The minimum atomic E-state index is 0.656. The van der Waals surface area contributed by atoms with E-state index in [1.807, 2.05) is 0 Å². The quantitative estimate of drug-likeness (QED) is 0.645. The third kappa shape index (κ3) is 3.95. The van der Waals surface area contributed by atoms with Gasteiger partial charge in [0, 0.05) is 37.6 Å². The van der Waals surface area contributed by atoms with E-state index in [1.54, 1.807) is 0 Å². The number of nitrogens with zero attached hydrogens (tertiary/aromatic N) is 4. The Bertz CT molecular complexity index is 911. The lowest BCUT2D eigenvalue weighted by atomic mass is 9.84. The van der Waals surface area contributed by atoms with Gasteiger partial charge < -0.3 is 4.90 Å². The van der Waals surface area contributed by atoms with Crippen molar-refractivity contribution < 1.29 is 0 Å². The Kier molecular flexibility index (Phi) is 5.35. The lowest BCUT2D eigenvalue weighted by Crippen LogP contribution is -2.46. The van der Waals surface area contributed by atoms with E-state index in [0.29, 0.717) is 5.92 Å². The summed E-state index contributed by atoms with van der Waals surface area (Å²) < 4.78 is 2.17. The van der Waals surface area contributed by atoms with Gasteiger partial charge in [0.2, 0.25) is 0 Å². The van der Waals surface area contributed by atoms with E-state index in [4.69, 9.17) is 5.10 Å². The summed E-state index contributed by atoms with van der Waals surface area (Å²) in [5, 5.41) is 4.75. The van der Waals surface area contributed by atoms with Crippen molar-refractivity contribution in [1.82, 2.24) is 14.7 Å². The molecule has 0 saturated carbocycles. The van der Waals surface area contributed by atoms with Gasteiger partial charge in [0.05, 0.1) is 11.9 Å². The van der Waals surface area contributed by atoms with Gasteiger partial charge in [0.15, 0.2) is 0 Å². The third-order valence-electron chi connectivity index (χ3n) is 6.60. The van der Waals surface area contributed by atoms with Crippen molar-refractivity contribution in [3.63, 3.8) is 0 Å². The fourth-order valence-electron chi connectivity index (χ4n) is 4.95. The van der Waals surface area contributed by atoms with Crippen molar-refractivity contribution in [2.45, 2.75) is 31.6 Å². The number of anilines is 1. The molecule has 29 heavy (non-hydrogen) atoms. The summed E-state index contributed by atoms with van der Waals surface area (Å²) in [7, 11) is 0. The van der Waals surface area contributed by atoms with E-state index in [2.05, 4.69) is 81.3 Å². The lowest BCUT2D eigenvalue weighted by Gasteiger charge is -2.37. The molecule has 0 amide bonds. The number of rotatable bonds is 5. The number of hydrogen-bond donors (Lipinski definition) is 0. The Labute approximate surface area is 173 Å². The molecule has 1 aliphatic carbocycles. The van der Waals surface area contributed by atoms with Gasteiger partial charge in [-0.05, 0) is 68.0 Å². The van der Waals surface area contributed by atoms with E-state index in [1.165, 1.54) is 48.4 Å². The predicted molar refractivity (Wildman–Crippen MR) is 119 cm³/mol. The molecule has 0 bridgehead atoms. The lowest BCUT2D eigenvalue weighted by molar-refractivity contribution is 0.245. The van der Waals surface area contributed by atoms with Crippen LogP contribution in [-0.4, -0.2) is 47.4 Å². The summed E-state index contributed by atoms with van der Waals surface area (Å²) >= 11 is 0.